The molecule has 0 saturated heterocycles. The fourth-order valence-corrected chi connectivity index (χ4v) is 1.80. The number of rotatable bonds is 7. The van der Waals surface area contributed by atoms with E-state index in [0.717, 1.165) is 0 Å². The SMILES string of the molecule is N#CCCNC(=O)COC(=O)CNC(=O)c1ccc2c(c1)OCO2. The zero-order valence-electron chi connectivity index (χ0n) is 12.7. The summed E-state index contributed by atoms with van der Waals surface area (Å²) < 4.78 is 15.0. The van der Waals surface area contributed by atoms with Gasteiger partial charge in [-0.3, -0.25) is 14.4 Å². The number of ether oxygens (including phenoxy) is 3. The van der Waals surface area contributed by atoms with Crippen LogP contribution in [0.5, 0.6) is 11.5 Å². The molecule has 1 aliphatic heterocycles. The normalized spacial score (nSPS) is 11.3. The Bertz CT molecular complexity index is 682. The highest BCUT2D eigenvalue weighted by molar-refractivity contribution is 5.96. The van der Waals surface area contributed by atoms with Crippen molar-refractivity contribution in [1.82, 2.24) is 10.6 Å². The van der Waals surface area contributed by atoms with Crippen LogP contribution in [-0.4, -0.2) is 44.3 Å². The number of esters is 1. The van der Waals surface area contributed by atoms with E-state index in [1.165, 1.54) is 12.1 Å². The Labute approximate surface area is 137 Å². The molecule has 0 saturated carbocycles. The Morgan fingerprint density at radius 2 is 2.00 bits per heavy atom. The fraction of sp³-hybridized carbons (Fsp3) is 0.333. The number of nitrogens with one attached hydrogen (secondary N) is 2. The minimum absolute atomic E-state index is 0.100. The van der Waals surface area contributed by atoms with Crippen molar-refractivity contribution in [3.63, 3.8) is 0 Å². The van der Waals surface area contributed by atoms with Crippen LogP contribution in [-0.2, 0) is 14.3 Å². The van der Waals surface area contributed by atoms with Crippen molar-refractivity contribution < 1.29 is 28.6 Å². The molecule has 1 heterocycles. The number of benzene rings is 1. The highest BCUT2D eigenvalue weighted by atomic mass is 16.7. The molecule has 0 spiro atoms. The van der Waals surface area contributed by atoms with Gasteiger partial charge >= 0.3 is 5.97 Å². The van der Waals surface area contributed by atoms with Gasteiger partial charge in [0, 0.05) is 12.1 Å². The Balaban J connectivity index is 1.70. The molecule has 9 heteroatoms. The molecule has 2 amide bonds. The second kappa shape index (κ2) is 8.38. The molecule has 1 aromatic rings. The summed E-state index contributed by atoms with van der Waals surface area (Å²) >= 11 is 0. The lowest BCUT2D eigenvalue weighted by Gasteiger charge is -2.07. The third-order valence-corrected chi connectivity index (χ3v) is 2.95. The molecule has 0 unspecified atom stereocenters. The molecule has 2 rings (SSSR count). The van der Waals surface area contributed by atoms with E-state index in [2.05, 4.69) is 10.6 Å². The van der Waals surface area contributed by atoms with Gasteiger partial charge in [-0.15, -0.1) is 0 Å². The largest absolute Gasteiger partial charge is 0.454 e. The number of nitrogens with zero attached hydrogens (tertiary/aromatic N) is 1. The number of amides is 2. The van der Waals surface area contributed by atoms with Crippen molar-refractivity contribution in [2.45, 2.75) is 6.42 Å². The van der Waals surface area contributed by atoms with Crippen molar-refractivity contribution in [1.29, 1.82) is 5.26 Å². The van der Waals surface area contributed by atoms with Gasteiger partial charge in [0.1, 0.15) is 6.54 Å². The summed E-state index contributed by atoms with van der Waals surface area (Å²) in [6.07, 6.45) is 0.172. The zero-order chi connectivity index (χ0) is 17.4. The molecule has 2 N–H and O–H groups in total. The molecule has 9 nitrogen and oxygen atoms in total. The summed E-state index contributed by atoms with van der Waals surface area (Å²) in [4.78, 5) is 34.7. The third-order valence-electron chi connectivity index (χ3n) is 2.95. The Morgan fingerprint density at radius 3 is 2.79 bits per heavy atom. The van der Waals surface area contributed by atoms with E-state index in [-0.39, 0.29) is 26.3 Å². The monoisotopic (exact) mass is 333 g/mol. The van der Waals surface area contributed by atoms with Crippen LogP contribution in [0, 0.1) is 11.3 Å². The van der Waals surface area contributed by atoms with Crippen LogP contribution in [0.3, 0.4) is 0 Å². The van der Waals surface area contributed by atoms with E-state index >= 15 is 0 Å². The lowest BCUT2D eigenvalue weighted by molar-refractivity contribution is -0.147. The smallest absolute Gasteiger partial charge is 0.325 e. The van der Waals surface area contributed by atoms with Crippen LogP contribution in [0.15, 0.2) is 18.2 Å². The topological polar surface area (TPSA) is 127 Å². The predicted octanol–water partition coefficient (Wildman–Crippen LogP) is -0.282. The van der Waals surface area contributed by atoms with Gasteiger partial charge in [0.2, 0.25) is 6.79 Å². The maximum absolute atomic E-state index is 11.9. The summed E-state index contributed by atoms with van der Waals surface area (Å²) in [7, 11) is 0. The van der Waals surface area contributed by atoms with E-state index in [0.29, 0.717) is 17.1 Å². The second-order valence-corrected chi connectivity index (χ2v) is 4.67. The van der Waals surface area contributed by atoms with Crippen LogP contribution < -0.4 is 20.1 Å². The lowest BCUT2D eigenvalue weighted by atomic mass is 10.2. The van der Waals surface area contributed by atoms with E-state index in [4.69, 9.17) is 19.5 Å². The van der Waals surface area contributed by atoms with Crippen LogP contribution in [0.1, 0.15) is 16.8 Å². The molecule has 0 aromatic heterocycles. The maximum atomic E-state index is 11.9. The van der Waals surface area contributed by atoms with Crippen molar-refractivity contribution in [3.8, 4) is 17.6 Å². The first-order valence-electron chi connectivity index (χ1n) is 7.07. The average molecular weight is 333 g/mol. The molecular weight excluding hydrogens is 318 g/mol. The first-order chi connectivity index (χ1) is 11.6. The molecule has 0 fully saturated rings. The van der Waals surface area contributed by atoms with Gasteiger partial charge < -0.3 is 24.8 Å². The number of carbonyl (C=O) groups is 3. The van der Waals surface area contributed by atoms with Crippen molar-refractivity contribution in [3.05, 3.63) is 23.8 Å². The summed E-state index contributed by atoms with van der Waals surface area (Å²) in [6.45, 7) is -0.556. The number of fused-ring (bicyclic) bond motifs is 1. The zero-order valence-corrected chi connectivity index (χ0v) is 12.7. The lowest BCUT2D eigenvalue weighted by Crippen LogP contribution is -2.34. The van der Waals surface area contributed by atoms with E-state index < -0.39 is 24.4 Å². The molecule has 0 atom stereocenters. The van der Waals surface area contributed by atoms with E-state index in [1.807, 2.05) is 6.07 Å². The summed E-state index contributed by atoms with van der Waals surface area (Å²) in [5.41, 5.74) is 0.307. The van der Waals surface area contributed by atoms with Crippen LogP contribution in [0.25, 0.3) is 0 Å². The van der Waals surface area contributed by atoms with Gasteiger partial charge in [0.05, 0.1) is 12.5 Å². The fourth-order valence-electron chi connectivity index (χ4n) is 1.80. The number of nitriles is 1. The predicted molar refractivity (Wildman–Crippen MR) is 79.1 cm³/mol. The molecule has 126 valence electrons. The second-order valence-electron chi connectivity index (χ2n) is 4.67. The molecule has 0 bridgehead atoms. The van der Waals surface area contributed by atoms with Gasteiger partial charge in [-0.05, 0) is 18.2 Å². The van der Waals surface area contributed by atoms with Gasteiger partial charge in [-0.1, -0.05) is 0 Å². The minimum Gasteiger partial charge on any atom is -0.454 e. The molecule has 1 aromatic carbocycles. The van der Waals surface area contributed by atoms with E-state index in [9.17, 15) is 14.4 Å². The molecule has 24 heavy (non-hydrogen) atoms. The van der Waals surface area contributed by atoms with E-state index in [1.54, 1.807) is 6.07 Å². The van der Waals surface area contributed by atoms with Gasteiger partial charge in [0.15, 0.2) is 18.1 Å². The summed E-state index contributed by atoms with van der Waals surface area (Å²) in [5.74, 6) is -0.739. The van der Waals surface area contributed by atoms with Gasteiger partial charge in [-0.25, -0.2) is 0 Å². The van der Waals surface area contributed by atoms with Gasteiger partial charge in [-0.2, -0.15) is 5.26 Å². The molecule has 1 aliphatic rings. The number of carbonyl (C=O) groups excluding carboxylic acids is 3. The van der Waals surface area contributed by atoms with Crippen LogP contribution in [0.2, 0.25) is 0 Å². The van der Waals surface area contributed by atoms with Crippen molar-refractivity contribution in [2.75, 3.05) is 26.5 Å². The first-order valence-corrected chi connectivity index (χ1v) is 7.07. The minimum atomic E-state index is -0.750. The number of hydrogen-bond acceptors (Lipinski definition) is 7. The molecule has 0 aliphatic carbocycles. The van der Waals surface area contributed by atoms with Crippen LogP contribution >= 0.6 is 0 Å². The Kier molecular flexibility index (Phi) is 5.96. The van der Waals surface area contributed by atoms with Crippen molar-refractivity contribution in [2.24, 2.45) is 0 Å². The summed E-state index contributed by atoms with van der Waals surface area (Å²) in [5, 5.41) is 13.1. The molecule has 0 radical (unpaired) electrons. The Morgan fingerprint density at radius 1 is 1.21 bits per heavy atom. The molecular formula is C15H15N3O6. The maximum Gasteiger partial charge on any atom is 0.325 e. The average Bonchev–Trinajstić information content (AvgIpc) is 3.05. The highest BCUT2D eigenvalue weighted by Crippen LogP contribution is 2.32. The quantitative estimate of drug-likeness (QED) is 0.519. The third kappa shape index (κ3) is 4.88. The van der Waals surface area contributed by atoms with Gasteiger partial charge in [0.25, 0.3) is 11.8 Å². The number of hydrogen-bond donors (Lipinski definition) is 2. The Hall–Kier alpha value is -3.28. The summed E-state index contributed by atoms with van der Waals surface area (Å²) in [6, 6.07) is 6.51. The van der Waals surface area contributed by atoms with Crippen LogP contribution in [0.4, 0.5) is 0 Å². The standard InChI is InChI=1S/C15H15N3O6/c16-4-1-5-17-13(19)8-22-14(20)7-18-15(21)10-2-3-11-12(6-10)24-9-23-11/h2-3,6H,1,5,7-9H2,(H,17,19)(H,18,21). The highest BCUT2D eigenvalue weighted by Gasteiger charge is 2.17. The van der Waals surface area contributed by atoms with Crippen molar-refractivity contribution >= 4 is 17.8 Å². The first kappa shape index (κ1) is 17.1.